The van der Waals surface area contributed by atoms with E-state index in [1.165, 1.54) is 0 Å². The molecular formula is C17H25BrN2O. The van der Waals surface area contributed by atoms with Gasteiger partial charge in [0.05, 0.1) is 0 Å². The second-order valence-electron chi connectivity index (χ2n) is 6.08. The molecule has 0 heterocycles. The van der Waals surface area contributed by atoms with Gasteiger partial charge in [0.1, 0.15) is 0 Å². The molecule has 0 saturated heterocycles. The largest absolute Gasteiger partial charge is 0.336 e. The standard InChI is InChI=1S/C17H25BrN2O/c1-3-8-20(16-6-4-15(19)5-7-16)17(21)13-9-12(2)10-14(18)11-13/h9-11,15-16H,3-8,19H2,1-2H3. The average Bonchev–Trinajstić information content (AvgIpc) is 2.44. The lowest BCUT2D eigenvalue weighted by molar-refractivity contribution is 0.0626. The van der Waals surface area contributed by atoms with Crippen LogP contribution in [-0.4, -0.2) is 29.4 Å². The van der Waals surface area contributed by atoms with Gasteiger partial charge >= 0.3 is 0 Å². The van der Waals surface area contributed by atoms with Crippen LogP contribution in [0.3, 0.4) is 0 Å². The van der Waals surface area contributed by atoms with E-state index in [4.69, 9.17) is 5.73 Å². The van der Waals surface area contributed by atoms with Gasteiger partial charge in [0.25, 0.3) is 5.91 Å². The fraction of sp³-hybridized carbons (Fsp3) is 0.588. The Morgan fingerprint density at radius 2 is 1.95 bits per heavy atom. The Morgan fingerprint density at radius 3 is 2.52 bits per heavy atom. The Balaban J connectivity index is 2.18. The fourth-order valence-corrected chi connectivity index (χ4v) is 3.74. The molecule has 0 radical (unpaired) electrons. The molecule has 2 N–H and O–H groups in total. The number of halogens is 1. The number of nitrogens with zero attached hydrogens (tertiary/aromatic N) is 1. The lowest BCUT2D eigenvalue weighted by atomic mass is 9.90. The van der Waals surface area contributed by atoms with E-state index in [0.29, 0.717) is 12.1 Å². The Hall–Kier alpha value is -0.870. The molecule has 1 aromatic rings. The highest BCUT2D eigenvalue weighted by atomic mass is 79.9. The molecule has 1 amide bonds. The topological polar surface area (TPSA) is 46.3 Å². The molecule has 2 rings (SSSR count). The van der Waals surface area contributed by atoms with Crippen LogP contribution in [0.4, 0.5) is 0 Å². The van der Waals surface area contributed by atoms with Gasteiger partial charge in [-0.3, -0.25) is 4.79 Å². The quantitative estimate of drug-likeness (QED) is 0.893. The first kappa shape index (κ1) is 16.5. The molecule has 4 heteroatoms. The second kappa shape index (κ2) is 7.41. The fourth-order valence-electron chi connectivity index (χ4n) is 3.13. The van der Waals surface area contributed by atoms with Crippen LogP contribution in [0.5, 0.6) is 0 Å². The SMILES string of the molecule is CCCN(C(=O)c1cc(C)cc(Br)c1)C1CCC(N)CC1. The molecule has 0 bridgehead atoms. The maximum atomic E-state index is 12.9. The first-order valence-corrected chi connectivity index (χ1v) is 8.64. The molecule has 1 aliphatic rings. The van der Waals surface area contributed by atoms with Crippen molar-refractivity contribution in [1.82, 2.24) is 4.90 Å². The molecule has 1 saturated carbocycles. The summed E-state index contributed by atoms with van der Waals surface area (Å²) in [5.41, 5.74) is 7.88. The second-order valence-corrected chi connectivity index (χ2v) is 7.00. The van der Waals surface area contributed by atoms with Crippen LogP contribution < -0.4 is 5.73 Å². The molecule has 0 atom stereocenters. The summed E-state index contributed by atoms with van der Waals surface area (Å²) in [7, 11) is 0. The lowest BCUT2D eigenvalue weighted by Crippen LogP contribution is -2.44. The third-order valence-corrected chi connectivity index (χ3v) is 4.65. The van der Waals surface area contributed by atoms with Crippen molar-refractivity contribution in [3.8, 4) is 0 Å². The summed E-state index contributed by atoms with van der Waals surface area (Å²) < 4.78 is 0.966. The smallest absolute Gasteiger partial charge is 0.254 e. The predicted molar refractivity (Wildman–Crippen MR) is 90.4 cm³/mol. The number of amides is 1. The molecule has 21 heavy (non-hydrogen) atoms. The number of hydrogen-bond donors (Lipinski definition) is 1. The molecule has 3 nitrogen and oxygen atoms in total. The molecule has 0 unspecified atom stereocenters. The predicted octanol–water partition coefficient (Wildman–Crippen LogP) is 3.88. The van der Waals surface area contributed by atoms with Crippen molar-refractivity contribution in [2.75, 3.05) is 6.54 Å². The van der Waals surface area contributed by atoms with E-state index in [-0.39, 0.29) is 5.91 Å². The normalized spacial score (nSPS) is 22.1. The molecule has 0 aliphatic heterocycles. The van der Waals surface area contributed by atoms with Crippen molar-refractivity contribution in [1.29, 1.82) is 0 Å². The molecule has 0 spiro atoms. The van der Waals surface area contributed by atoms with Crippen LogP contribution in [0.1, 0.15) is 54.9 Å². The van der Waals surface area contributed by atoms with Crippen molar-refractivity contribution < 1.29 is 4.79 Å². The maximum absolute atomic E-state index is 12.9. The molecule has 1 aliphatic carbocycles. The van der Waals surface area contributed by atoms with Crippen LogP contribution in [0.25, 0.3) is 0 Å². The monoisotopic (exact) mass is 352 g/mol. The zero-order valence-electron chi connectivity index (χ0n) is 12.9. The number of aryl methyl sites for hydroxylation is 1. The van der Waals surface area contributed by atoms with E-state index >= 15 is 0 Å². The van der Waals surface area contributed by atoms with Crippen LogP contribution in [0.15, 0.2) is 22.7 Å². The molecular weight excluding hydrogens is 328 g/mol. The molecule has 0 aromatic heterocycles. The Morgan fingerprint density at radius 1 is 1.29 bits per heavy atom. The molecule has 1 aromatic carbocycles. The first-order valence-electron chi connectivity index (χ1n) is 7.85. The van der Waals surface area contributed by atoms with Gasteiger partial charge in [-0.2, -0.15) is 0 Å². The Kier molecular flexibility index (Phi) is 5.82. The third kappa shape index (κ3) is 4.30. The summed E-state index contributed by atoms with van der Waals surface area (Å²) in [5.74, 6) is 0.154. The number of benzene rings is 1. The van der Waals surface area contributed by atoms with Gasteiger partial charge in [-0.15, -0.1) is 0 Å². The van der Waals surface area contributed by atoms with Crippen molar-refractivity contribution >= 4 is 21.8 Å². The van der Waals surface area contributed by atoms with E-state index < -0.39 is 0 Å². The van der Waals surface area contributed by atoms with Crippen molar-refractivity contribution in [2.45, 2.75) is 58.0 Å². The Bertz CT molecular complexity index is 475. The first-order chi connectivity index (χ1) is 10.0. The van der Waals surface area contributed by atoms with E-state index in [1.54, 1.807) is 0 Å². The number of hydrogen-bond acceptors (Lipinski definition) is 2. The van der Waals surface area contributed by atoms with E-state index in [1.807, 2.05) is 25.1 Å². The summed E-state index contributed by atoms with van der Waals surface area (Å²) in [6, 6.07) is 6.58. The van der Waals surface area contributed by atoms with Gasteiger partial charge in [0, 0.05) is 28.7 Å². The van der Waals surface area contributed by atoms with Crippen molar-refractivity contribution in [2.24, 2.45) is 5.73 Å². The minimum absolute atomic E-state index is 0.154. The van der Waals surface area contributed by atoms with Crippen LogP contribution >= 0.6 is 15.9 Å². The summed E-state index contributed by atoms with van der Waals surface area (Å²) in [5, 5.41) is 0. The molecule has 1 fully saturated rings. The van der Waals surface area contributed by atoms with Crippen LogP contribution in [0, 0.1) is 6.92 Å². The van der Waals surface area contributed by atoms with Gasteiger partial charge in [0.15, 0.2) is 0 Å². The van der Waals surface area contributed by atoms with Crippen molar-refractivity contribution in [3.05, 3.63) is 33.8 Å². The summed E-state index contributed by atoms with van der Waals surface area (Å²) in [6.07, 6.45) is 5.09. The third-order valence-electron chi connectivity index (χ3n) is 4.20. The summed E-state index contributed by atoms with van der Waals surface area (Å²) in [4.78, 5) is 15.0. The number of carbonyl (C=O) groups excluding carboxylic acids is 1. The summed E-state index contributed by atoms with van der Waals surface area (Å²) >= 11 is 3.49. The van der Waals surface area contributed by atoms with Crippen LogP contribution in [0.2, 0.25) is 0 Å². The van der Waals surface area contributed by atoms with E-state index in [0.717, 1.165) is 54.2 Å². The van der Waals surface area contributed by atoms with Gasteiger partial charge in [-0.1, -0.05) is 22.9 Å². The minimum Gasteiger partial charge on any atom is -0.336 e. The zero-order chi connectivity index (χ0) is 15.4. The highest BCUT2D eigenvalue weighted by Gasteiger charge is 2.27. The average molecular weight is 353 g/mol. The number of rotatable bonds is 4. The van der Waals surface area contributed by atoms with Crippen LogP contribution in [-0.2, 0) is 0 Å². The number of carbonyl (C=O) groups is 1. The maximum Gasteiger partial charge on any atom is 0.254 e. The Labute approximate surface area is 136 Å². The summed E-state index contributed by atoms with van der Waals surface area (Å²) in [6.45, 7) is 4.97. The zero-order valence-corrected chi connectivity index (χ0v) is 14.5. The number of nitrogens with two attached hydrogens (primary N) is 1. The lowest BCUT2D eigenvalue weighted by Gasteiger charge is -2.36. The van der Waals surface area contributed by atoms with Gasteiger partial charge < -0.3 is 10.6 Å². The van der Waals surface area contributed by atoms with Gasteiger partial charge in [-0.05, 0) is 62.8 Å². The van der Waals surface area contributed by atoms with Gasteiger partial charge in [0.2, 0.25) is 0 Å². The van der Waals surface area contributed by atoms with E-state index in [2.05, 4.69) is 27.8 Å². The van der Waals surface area contributed by atoms with Crippen molar-refractivity contribution in [3.63, 3.8) is 0 Å². The molecule has 116 valence electrons. The van der Waals surface area contributed by atoms with Gasteiger partial charge in [-0.25, -0.2) is 0 Å². The minimum atomic E-state index is 0.154. The highest BCUT2D eigenvalue weighted by Crippen LogP contribution is 2.25. The highest BCUT2D eigenvalue weighted by molar-refractivity contribution is 9.10. The van der Waals surface area contributed by atoms with E-state index in [9.17, 15) is 4.79 Å².